The number of likely N-dealkylation sites (tertiary alicyclic amines) is 1. The van der Waals surface area contributed by atoms with Crippen LogP contribution in [0.3, 0.4) is 0 Å². The Morgan fingerprint density at radius 1 is 1.13 bits per heavy atom. The lowest BCUT2D eigenvalue weighted by Crippen LogP contribution is -2.48. The van der Waals surface area contributed by atoms with E-state index in [2.05, 4.69) is 45.2 Å². The van der Waals surface area contributed by atoms with Crippen LogP contribution in [0.1, 0.15) is 46.7 Å². The molecule has 4 heterocycles. The highest BCUT2D eigenvalue weighted by atomic mass is 32.1. The molecule has 2 aromatic heterocycles. The maximum absolute atomic E-state index is 13.3. The molecule has 5 nitrogen and oxygen atoms in total. The van der Waals surface area contributed by atoms with E-state index in [9.17, 15) is 4.79 Å². The number of piperidine rings is 1. The summed E-state index contributed by atoms with van der Waals surface area (Å²) >= 11 is 1.79. The van der Waals surface area contributed by atoms with Crippen LogP contribution in [-0.2, 0) is 28.0 Å². The van der Waals surface area contributed by atoms with E-state index in [4.69, 9.17) is 4.74 Å². The predicted molar refractivity (Wildman–Crippen MR) is 120 cm³/mol. The lowest BCUT2D eigenvalue weighted by Gasteiger charge is -2.44. The Hall–Kier alpha value is -2.57. The van der Waals surface area contributed by atoms with Gasteiger partial charge in [0.1, 0.15) is 5.60 Å². The molecular weight excluding hydrogens is 406 g/mol. The van der Waals surface area contributed by atoms with Crippen LogP contribution in [0.5, 0.6) is 0 Å². The van der Waals surface area contributed by atoms with Gasteiger partial charge in [0.15, 0.2) is 0 Å². The Labute approximate surface area is 186 Å². The molecule has 1 aliphatic carbocycles. The van der Waals surface area contributed by atoms with E-state index in [1.165, 1.54) is 21.6 Å². The topological polar surface area (TPSA) is 55.3 Å². The zero-order valence-electron chi connectivity index (χ0n) is 17.4. The molecule has 1 atom stereocenters. The third-order valence-corrected chi connectivity index (χ3v) is 8.49. The number of ether oxygens (including phenoxy) is 1. The van der Waals surface area contributed by atoms with Gasteiger partial charge in [0, 0.05) is 30.4 Å². The van der Waals surface area contributed by atoms with Crippen LogP contribution in [0.25, 0.3) is 10.6 Å². The number of aromatic nitrogens is 2. The first kappa shape index (κ1) is 19.1. The lowest BCUT2D eigenvalue weighted by molar-refractivity contribution is -0.141. The number of nitrogens with zero attached hydrogens (tertiary/aromatic N) is 3. The zero-order valence-corrected chi connectivity index (χ0v) is 18.2. The molecule has 1 aromatic carbocycles. The molecule has 158 valence electrons. The minimum atomic E-state index is -0.261. The van der Waals surface area contributed by atoms with Gasteiger partial charge < -0.3 is 9.64 Å². The Bertz CT molecular complexity index is 1120. The van der Waals surface area contributed by atoms with Gasteiger partial charge in [-0.1, -0.05) is 24.3 Å². The normalized spacial score (nSPS) is 21.7. The van der Waals surface area contributed by atoms with Gasteiger partial charge in [-0.15, -0.1) is 11.3 Å². The summed E-state index contributed by atoms with van der Waals surface area (Å²) in [6.07, 6.45) is 9.88. The van der Waals surface area contributed by atoms with Gasteiger partial charge in [0.05, 0.1) is 29.3 Å². The Morgan fingerprint density at radius 2 is 2.00 bits per heavy atom. The molecule has 0 N–H and O–H groups in total. The second-order valence-electron chi connectivity index (χ2n) is 8.76. The highest BCUT2D eigenvalue weighted by Gasteiger charge is 2.44. The number of benzene rings is 1. The first-order valence-corrected chi connectivity index (χ1v) is 12.0. The molecule has 0 saturated carbocycles. The first-order valence-electron chi connectivity index (χ1n) is 11.1. The van der Waals surface area contributed by atoms with Crippen molar-refractivity contribution in [3.8, 4) is 10.6 Å². The van der Waals surface area contributed by atoms with Crippen molar-refractivity contribution < 1.29 is 9.53 Å². The molecule has 0 radical (unpaired) electrons. The van der Waals surface area contributed by atoms with Crippen LogP contribution < -0.4 is 0 Å². The van der Waals surface area contributed by atoms with Crippen molar-refractivity contribution in [2.45, 2.75) is 43.6 Å². The Kier molecular flexibility index (Phi) is 4.65. The predicted octanol–water partition coefficient (Wildman–Crippen LogP) is 4.33. The monoisotopic (exact) mass is 431 g/mol. The third-order valence-electron chi connectivity index (χ3n) is 7.10. The van der Waals surface area contributed by atoms with Gasteiger partial charge in [-0.2, -0.15) is 0 Å². The van der Waals surface area contributed by atoms with Crippen LogP contribution in [0, 0.1) is 0 Å². The SMILES string of the molecule is O=C(C1CCc2ccccc21)N1CCC2(CC1)OCCc1cc(-c3cnccn3)sc12. The minimum Gasteiger partial charge on any atom is -0.369 e. The molecule has 1 amide bonds. The van der Waals surface area contributed by atoms with Gasteiger partial charge >= 0.3 is 0 Å². The van der Waals surface area contributed by atoms with E-state index < -0.39 is 0 Å². The first-order chi connectivity index (χ1) is 15.2. The molecular formula is C25H25N3O2S. The second-order valence-corrected chi connectivity index (χ2v) is 9.82. The van der Waals surface area contributed by atoms with E-state index in [1.807, 2.05) is 6.20 Å². The fourth-order valence-corrected chi connectivity index (χ4v) is 6.84. The number of hydrogen-bond donors (Lipinski definition) is 0. The van der Waals surface area contributed by atoms with Crippen molar-refractivity contribution in [1.29, 1.82) is 0 Å². The van der Waals surface area contributed by atoms with Crippen molar-refractivity contribution >= 4 is 17.2 Å². The summed E-state index contributed by atoms with van der Waals surface area (Å²) < 4.78 is 6.43. The number of aryl methyl sites for hydroxylation is 1. The number of carbonyl (C=O) groups is 1. The lowest BCUT2D eigenvalue weighted by atomic mass is 9.84. The van der Waals surface area contributed by atoms with Crippen molar-refractivity contribution in [3.63, 3.8) is 0 Å². The summed E-state index contributed by atoms with van der Waals surface area (Å²) in [5.74, 6) is 0.320. The highest BCUT2D eigenvalue weighted by molar-refractivity contribution is 7.15. The van der Waals surface area contributed by atoms with Crippen LogP contribution in [-0.4, -0.2) is 40.5 Å². The van der Waals surface area contributed by atoms with Gasteiger partial charge in [0.2, 0.25) is 5.91 Å². The van der Waals surface area contributed by atoms with E-state index in [1.54, 1.807) is 23.7 Å². The highest BCUT2D eigenvalue weighted by Crippen LogP contribution is 2.47. The molecule has 3 aliphatic rings. The smallest absolute Gasteiger partial charge is 0.230 e. The van der Waals surface area contributed by atoms with E-state index in [0.29, 0.717) is 5.91 Å². The number of rotatable bonds is 2. The summed E-state index contributed by atoms with van der Waals surface area (Å²) in [6, 6.07) is 10.7. The number of carbonyl (C=O) groups excluding carboxylic acids is 1. The quantitative estimate of drug-likeness (QED) is 0.606. The maximum Gasteiger partial charge on any atom is 0.230 e. The second kappa shape index (κ2) is 7.53. The average molecular weight is 432 g/mol. The molecule has 6 rings (SSSR count). The summed E-state index contributed by atoms with van der Waals surface area (Å²) in [6.45, 7) is 2.26. The fraction of sp³-hybridized carbons (Fsp3) is 0.400. The fourth-order valence-electron chi connectivity index (χ4n) is 5.47. The van der Waals surface area contributed by atoms with Crippen LogP contribution in [0.2, 0.25) is 0 Å². The maximum atomic E-state index is 13.3. The number of fused-ring (bicyclic) bond motifs is 3. The standard InChI is InChI=1S/C25H25N3O2S/c29-24(20-6-5-17-3-1-2-4-19(17)20)28-12-8-25(9-13-28)23-18(7-14-30-25)15-22(31-23)21-16-26-10-11-27-21/h1-4,10-11,15-16,20H,5-9,12-14H2. The molecule has 6 heteroatoms. The summed E-state index contributed by atoms with van der Waals surface area (Å²) in [5.41, 5.74) is 4.61. The average Bonchev–Trinajstić information content (AvgIpc) is 3.45. The van der Waals surface area contributed by atoms with Crippen LogP contribution in [0.4, 0.5) is 0 Å². The zero-order chi connectivity index (χ0) is 20.8. The minimum absolute atomic E-state index is 0.0260. The molecule has 1 fully saturated rings. The Morgan fingerprint density at radius 3 is 2.84 bits per heavy atom. The van der Waals surface area contributed by atoms with Crippen molar-refractivity contribution in [3.05, 3.63) is 70.5 Å². The molecule has 2 aliphatic heterocycles. The van der Waals surface area contributed by atoms with Gasteiger partial charge in [-0.3, -0.25) is 14.8 Å². The number of hydrogen-bond acceptors (Lipinski definition) is 5. The van der Waals surface area contributed by atoms with E-state index in [-0.39, 0.29) is 11.5 Å². The van der Waals surface area contributed by atoms with E-state index >= 15 is 0 Å². The van der Waals surface area contributed by atoms with Crippen LogP contribution >= 0.6 is 11.3 Å². The summed E-state index contributed by atoms with van der Waals surface area (Å²) in [5, 5.41) is 0. The Balaban J connectivity index is 1.22. The van der Waals surface area contributed by atoms with E-state index in [0.717, 1.165) is 62.4 Å². The van der Waals surface area contributed by atoms with Crippen molar-refractivity contribution in [1.82, 2.24) is 14.9 Å². The van der Waals surface area contributed by atoms with Crippen molar-refractivity contribution in [2.75, 3.05) is 19.7 Å². The third kappa shape index (κ3) is 3.20. The van der Waals surface area contributed by atoms with Gasteiger partial charge in [-0.25, -0.2) is 0 Å². The van der Waals surface area contributed by atoms with Crippen LogP contribution in [0.15, 0.2) is 48.9 Å². The summed E-state index contributed by atoms with van der Waals surface area (Å²) in [4.78, 5) is 26.6. The molecule has 0 bridgehead atoms. The molecule has 1 saturated heterocycles. The summed E-state index contributed by atoms with van der Waals surface area (Å²) in [7, 11) is 0. The molecule has 3 aromatic rings. The van der Waals surface area contributed by atoms with Crippen molar-refractivity contribution in [2.24, 2.45) is 0 Å². The largest absolute Gasteiger partial charge is 0.369 e. The molecule has 1 spiro atoms. The number of thiophene rings is 1. The number of amides is 1. The van der Waals surface area contributed by atoms with Gasteiger partial charge in [0.25, 0.3) is 0 Å². The molecule has 31 heavy (non-hydrogen) atoms. The molecule has 1 unspecified atom stereocenters. The van der Waals surface area contributed by atoms with Gasteiger partial charge in [-0.05, 0) is 54.9 Å².